The molecule has 0 aromatic heterocycles. The van der Waals surface area contributed by atoms with Crippen LogP contribution in [-0.2, 0) is 14.3 Å². The highest BCUT2D eigenvalue weighted by Gasteiger charge is 2.48. The first-order valence-corrected chi connectivity index (χ1v) is 5.11. The highest BCUT2D eigenvalue weighted by atomic mass is 16.7. The maximum Gasteiger partial charge on any atom is 0.164 e. The van der Waals surface area contributed by atoms with Crippen LogP contribution in [0.5, 0.6) is 0 Å². The number of carbonyl (C=O) groups excluding carboxylic acids is 1. The second-order valence-corrected chi connectivity index (χ2v) is 4.64. The molecule has 2 N–H and O–H groups in total. The first-order valence-electron chi connectivity index (χ1n) is 5.11. The summed E-state index contributed by atoms with van der Waals surface area (Å²) < 4.78 is 10.9. The van der Waals surface area contributed by atoms with Crippen molar-refractivity contribution in [2.24, 2.45) is 5.92 Å². The molecular weight excluding hydrogens is 200 g/mol. The van der Waals surface area contributed by atoms with Crippen LogP contribution in [0.4, 0.5) is 0 Å². The van der Waals surface area contributed by atoms with Crippen LogP contribution in [0.2, 0.25) is 0 Å². The van der Waals surface area contributed by atoms with E-state index < -0.39 is 18.0 Å². The van der Waals surface area contributed by atoms with Crippen molar-refractivity contribution in [3.8, 4) is 0 Å². The number of rotatable bonds is 1. The van der Waals surface area contributed by atoms with Gasteiger partial charge in [-0.1, -0.05) is 0 Å². The van der Waals surface area contributed by atoms with Crippen LogP contribution < -0.4 is 0 Å². The third-order valence-electron chi connectivity index (χ3n) is 3.04. The molecule has 0 aromatic rings. The predicted molar refractivity (Wildman–Crippen MR) is 50.0 cm³/mol. The smallest absolute Gasteiger partial charge is 0.164 e. The topological polar surface area (TPSA) is 76.0 Å². The Morgan fingerprint density at radius 2 is 2.07 bits per heavy atom. The molecule has 86 valence electrons. The maximum atomic E-state index is 11.2. The Hall–Kier alpha value is -0.490. The van der Waals surface area contributed by atoms with Gasteiger partial charge in [-0.05, 0) is 13.8 Å². The number of carbonyl (C=O) groups is 1. The van der Waals surface area contributed by atoms with Gasteiger partial charge >= 0.3 is 0 Å². The fourth-order valence-corrected chi connectivity index (χ4v) is 2.18. The number of Topliss-reactive ketones (excluding diaryl/α,β-unsaturated/α-hetero) is 1. The van der Waals surface area contributed by atoms with E-state index in [2.05, 4.69) is 0 Å². The molecule has 2 rings (SSSR count). The number of ketones is 1. The van der Waals surface area contributed by atoms with Gasteiger partial charge in [0.1, 0.15) is 6.10 Å². The molecule has 0 bridgehead atoms. The number of aliphatic hydroxyl groups excluding tert-OH is 2. The molecule has 5 nitrogen and oxygen atoms in total. The van der Waals surface area contributed by atoms with Crippen molar-refractivity contribution in [1.82, 2.24) is 0 Å². The SMILES string of the molecule is CC1(C)OC[C@@H]([C@H]2CC(=O)[C@@H](O)[C@H]2O)O1. The van der Waals surface area contributed by atoms with E-state index in [1.54, 1.807) is 13.8 Å². The quantitative estimate of drug-likeness (QED) is 0.615. The molecule has 1 saturated heterocycles. The normalized spacial score (nSPS) is 44.9. The summed E-state index contributed by atoms with van der Waals surface area (Å²) in [5.41, 5.74) is 0. The highest BCUT2D eigenvalue weighted by molar-refractivity contribution is 5.86. The summed E-state index contributed by atoms with van der Waals surface area (Å²) in [4.78, 5) is 11.2. The first kappa shape index (κ1) is 11.0. The highest BCUT2D eigenvalue weighted by Crippen LogP contribution is 2.34. The molecule has 1 saturated carbocycles. The fraction of sp³-hybridized carbons (Fsp3) is 0.900. The number of hydrogen-bond donors (Lipinski definition) is 2. The zero-order chi connectivity index (χ0) is 11.2. The van der Waals surface area contributed by atoms with E-state index in [1.165, 1.54) is 0 Å². The van der Waals surface area contributed by atoms with Crippen molar-refractivity contribution in [2.75, 3.05) is 6.61 Å². The standard InChI is InChI=1S/C10H16O5/c1-10(2)14-4-7(15-10)5-3-6(11)9(13)8(5)12/h5,7-9,12-13H,3-4H2,1-2H3/t5-,7+,8+,9-/m1/s1. The molecule has 0 amide bonds. The van der Waals surface area contributed by atoms with Gasteiger partial charge in [0.15, 0.2) is 11.6 Å². The second kappa shape index (κ2) is 3.52. The van der Waals surface area contributed by atoms with Gasteiger partial charge in [-0.2, -0.15) is 0 Å². The van der Waals surface area contributed by atoms with Crippen LogP contribution in [0.15, 0.2) is 0 Å². The average molecular weight is 216 g/mol. The lowest BCUT2D eigenvalue weighted by atomic mass is 9.99. The summed E-state index contributed by atoms with van der Waals surface area (Å²) in [5.74, 6) is -1.34. The van der Waals surface area contributed by atoms with Gasteiger partial charge in [-0.3, -0.25) is 4.79 Å². The van der Waals surface area contributed by atoms with Gasteiger partial charge in [0.25, 0.3) is 0 Å². The Balaban J connectivity index is 2.04. The van der Waals surface area contributed by atoms with Crippen LogP contribution in [0, 0.1) is 5.92 Å². The van der Waals surface area contributed by atoms with Crippen LogP contribution in [0.1, 0.15) is 20.3 Å². The van der Waals surface area contributed by atoms with Crippen molar-refractivity contribution in [3.05, 3.63) is 0 Å². The van der Waals surface area contributed by atoms with Crippen LogP contribution in [0.3, 0.4) is 0 Å². The monoisotopic (exact) mass is 216 g/mol. The molecule has 0 spiro atoms. The van der Waals surface area contributed by atoms with Gasteiger partial charge in [-0.25, -0.2) is 0 Å². The van der Waals surface area contributed by atoms with Crippen molar-refractivity contribution >= 4 is 5.78 Å². The molecular formula is C10H16O5. The largest absolute Gasteiger partial charge is 0.390 e. The molecule has 2 aliphatic rings. The fourth-order valence-electron chi connectivity index (χ4n) is 2.18. The minimum Gasteiger partial charge on any atom is -0.390 e. The Bertz CT molecular complexity index is 275. The zero-order valence-electron chi connectivity index (χ0n) is 8.84. The van der Waals surface area contributed by atoms with E-state index in [4.69, 9.17) is 9.47 Å². The Morgan fingerprint density at radius 1 is 1.40 bits per heavy atom. The van der Waals surface area contributed by atoms with Crippen molar-refractivity contribution in [2.45, 2.75) is 44.4 Å². The molecule has 1 heterocycles. The van der Waals surface area contributed by atoms with Crippen molar-refractivity contribution < 1.29 is 24.5 Å². The molecule has 4 atom stereocenters. The lowest BCUT2D eigenvalue weighted by Gasteiger charge is -2.22. The molecule has 0 unspecified atom stereocenters. The van der Waals surface area contributed by atoms with Gasteiger partial charge in [0.05, 0.1) is 18.8 Å². The Kier molecular flexibility index (Phi) is 2.58. The number of ether oxygens (including phenoxy) is 2. The zero-order valence-corrected chi connectivity index (χ0v) is 8.84. The minimum absolute atomic E-state index is 0.159. The lowest BCUT2D eigenvalue weighted by Crippen LogP contribution is -2.35. The van der Waals surface area contributed by atoms with Crippen molar-refractivity contribution in [1.29, 1.82) is 0 Å². The summed E-state index contributed by atoms with van der Waals surface area (Å²) in [7, 11) is 0. The summed E-state index contributed by atoms with van der Waals surface area (Å²) in [6.45, 7) is 3.92. The molecule has 15 heavy (non-hydrogen) atoms. The lowest BCUT2D eigenvalue weighted by molar-refractivity contribution is -0.150. The average Bonchev–Trinajstić information content (AvgIpc) is 2.62. The van der Waals surface area contributed by atoms with E-state index in [0.29, 0.717) is 6.61 Å². The van der Waals surface area contributed by atoms with Gasteiger partial charge in [-0.15, -0.1) is 0 Å². The first-order chi connectivity index (χ1) is 6.91. The van der Waals surface area contributed by atoms with Crippen molar-refractivity contribution in [3.63, 3.8) is 0 Å². The molecule has 2 fully saturated rings. The summed E-state index contributed by atoms with van der Waals surface area (Å²) in [6, 6.07) is 0. The van der Waals surface area contributed by atoms with Gasteiger partial charge in [0, 0.05) is 12.3 Å². The van der Waals surface area contributed by atoms with E-state index in [-0.39, 0.29) is 24.2 Å². The molecule has 0 aromatic carbocycles. The third-order valence-corrected chi connectivity index (χ3v) is 3.04. The second-order valence-electron chi connectivity index (χ2n) is 4.64. The summed E-state index contributed by atoms with van der Waals surface area (Å²) in [6.07, 6.45) is -2.44. The van der Waals surface area contributed by atoms with E-state index >= 15 is 0 Å². The van der Waals surface area contributed by atoms with E-state index in [1.807, 2.05) is 0 Å². The van der Waals surface area contributed by atoms with E-state index in [9.17, 15) is 15.0 Å². The molecule has 1 aliphatic heterocycles. The predicted octanol–water partition coefficient (Wildman–Crippen LogP) is -0.551. The van der Waals surface area contributed by atoms with Crippen LogP contribution in [0.25, 0.3) is 0 Å². The Morgan fingerprint density at radius 3 is 2.47 bits per heavy atom. The summed E-state index contributed by atoms with van der Waals surface area (Å²) >= 11 is 0. The van der Waals surface area contributed by atoms with E-state index in [0.717, 1.165) is 0 Å². The molecule has 0 radical (unpaired) electrons. The van der Waals surface area contributed by atoms with Crippen LogP contribution >= 0.6 is 0 Å². The van der Waals surface area contributed by atoms with Crippen LogP contribution in [-0.4, -0.2) is 46.7 Å². The number of aliphatic hydroxyl groups is 2. The molecule has 1 aliphatic carbocycles. The minimum atomic E-state index is -1.26. The Labute approximate surface area is 88.0 Å². The van der Waals surface area contributed by atoms with Gasteiger partial charge < -0.3 is 19.7 Å². The molecule has 5 heteroatoms. The maximum absolute atomic E-state index is 11.2. The number of hydrogen-bond acceptors (Lipinski definition) is 5. The third kappa shape index (κ3) is 1.92. The van der Waals surface area contributed by atoms with Gasteiger partial charge in [0.2, 0.25) is 0 Å². The summed E-state index contributed by atoms with van der Waals surface area (Å²) in [5, 5.41) is 19.0.